The third-order valence-corrected chi connectivity index (χ3v) is 6.30. The van der Waals surface area contributed by atoms with Gasteiger partial charge in [0.05, 0.1) is 17.3 Å². The van der Waals surface area contributed by atoms with Crippen molar-refractivity contribution in [2.75, 3.05) is 24.5 Å². The van der Waals surface area contributed by atoms with Crippen LogP contribution in [0.3, 0.4) is 0 Å². The summed E-state index contributed by atoms with van der Waals surface area (Å²) >= 11 is 0. The molecule has 0 amide bonds. The number of hydrogen-bond acceptors (Lipinski definition) is 6. The molecule has 31 heavy (non-hydrogen) atoms. The van der Waals surface area contributed by atoms with E-state index in [0.29, 0.717) is 34.6 Å². The smallest absolute Gasteiger partial charge is 0.344 e. The average Bonchev–Trinajstić information content (AvgIpc) is 3.16. The largest absolute Gasteiger partial charge is 0.421 e. The summed E-state index contributed by atoms with van der Waals surface area (Å²) < 4.78 is 7.57. The predicted octanol–water partition coefficient (Wildman–Crippen LogP) is 3.73. The fraction of sp³-hybridized carbons (Fsp3) is 0.375. The summed E-state index contributed by atoms with van der Waals surface area (Å²) in [5.74, 6) is 0.463. The summed E-state index contributed by atoms with van der Waals surface area (Å²) in [6.07, 6.45) is 5.47. The first-order valence-electron chi connectivity index (χ1n) is 10.8. The van der Waals surface area contributed by atoms with Crippen LogP contribution in [0.1, 0.15) is 26.5 Å². The van der Waals surface area contributed by atoms with Gasteiger partial charge < -0.3 is 13.7 Å². The zero-order chi connectivity index (χ0) is 21.7. The number of rotatable bonds is 3. The van der Waals surface area contributed by atoms with Gasteiger partial charge in [-0.25, -0.2) is 9.78 Å². The van der Waals surface area contributed by atoms with Crippen molar-refractivity contribution in [3.63, 3.8) is 0 Å². The number of fused-ring (bicyclic) bond motifs is 2. The van der Waals surface area contributed by atoms with Gasteiger partial charge in [-0.3, -0.25) is 9.88 Å². The van der Waals surface area contributed by atoms with Gasteiger partial charge in [0.15, 0.2) is 11.4 Å². The highest BCUT2D eigenvalue weighted by Crippen LogP contribution is 2.27. The maximum absolute atomic E-state index is 12.9. The van der Waals surface area contributed by atoms with Crippen molar-refractivity contribution < 1.29 is 4.42 Å². The van der Waals surface area contributed by atoms with Crippen LogP contribution in [-0.4, -0.2) is 51.0 Å². The molecule has 0 aliphatic carbocycles. The average molecular weight is 418 g/mol. The molecule has 0 unspecified atom stereocenters. The van der Waals surface area contributed by atoms with Crippen molar-refractivity contribution in [1.82, 2.24) is 19.3 Å². The Morgan fingerprint density at radius 3 is 2.65 bits per heavy atom. The van der Waals surface area contributed by atoms with Crippen molar-refractivity contribution in [2.24, 2.45) is 0 Å². The topological polar surface area (TPSA) is 66.9 Å². The van der Waals surface area contributed by atoms with Crippen LogP contribution in [-0.2, 0) is 0 Å². The molecule has 1 aromatic carbocycles. The van der Waals surface area contributed by atoms with Gasteiger partial charge in [-0.1, -0.05) is 13.0 Å². The number of aryl methyl sites for hydroxylation is 1. The molecule has 2 atom stereocenters. The van der Waals surface area contributed by atoms with E-state index >= 15 is 0 Å². The van der Waals surface area contributed by atoms with Crippen LogP contribution in [0.2, 0.25) is 0 Å². The Balaban J connectivity index is 1.51. The SMILES string of the molecule is CCN1[C@H](C)CN(c2ccc3cc(-c4cn5cc(C)ncc5n4)oc(=O)c3c2)C[C@@H]1C. The van der Waals surface area contributed by atoms with E-state index in [1.807, 2.05) is 41.9 Å². The Kier molecular flexibility index (Phi) is 4.78. The van der Waals surface area contributed by atoms with Crippen LogP contribution in [0.25, 0.3) is 27.9 Å². The normalized spacial score (nSPS) is 20.1. The summed E-state index contributed by atoms with van der Waals surface area (Å²) in [6, 6.07) is 8.90. The minimum atomic E-state index is -0.339. The van der Waals surface area contributed by atoms with Crippen LogP contribution >= 0.6 is 0 Å². The predicted molar refractivity (Wildman–Crippen MR) is 123 cm³/mol. The Labute approximate surface area is 180 Å². The van der Waals surface area contributed by atoms with E-state index < -0.39 is 0 Å². The molecule has 3 aromatic heterocycles. The second kappa shape index (κ2) is 7.50. The van der Waals surface area contributed by atoms with Crippen molar-refractivity contribution in [3.05, 3.63) is 59.0 Å². The fourth-order valence-corrected chi connectivity index (χ4v) is 4.81. The minimum Gasteiger partial charge on any atom is -0.421 e. The Bertz CT molecular complexity index is 1310. The Morgan fingerprint density at radius 2 is 1.90 bits per heavy atom. The van der Waals surface area contributed by atoms with Crippen LogP contribution in [0, 0.1) is 6.92 Å². The third-order valence-electron chi connectivity index (χ3n) is 6.30. The van der Waals surface area contributed by atoms with Gasteiger partial charge in [-0.15, -0.1) is 0 Å². The molecule has 160 valence electrons. The van der Waals surface area contributed by atoms with Crippen LogP contribution in [0.15, 0.2) is 52.1 Å². The number of benzene rings is 1. The molecule has 0 spiro atoms. The number of likely N-dealkylation sites (N-methyl/N-ethyl adjacent to an activating group) is 1. The number of anilines is 1. The molecule has 1 saturated heterocycles. The summed E-state index contributed by atoms with van der Waals surface area (Å²) in [7, 11) is 0. The van der Waals surface area contributed by atoms with E-state index in [1.54, 1.807) is 6.20 Å². The first-order valence-corrected chi connectivity index (χ1v) is 10.8. The van der Waals surface area contributed by atoms with Gasteiger partial charge in [0.25, 0.3) is 0 Å². The zero-order valence-corrected chi connectivity index (χ0v) is 18.4. The fourth-order valence-electron chi connectivity index (χ4n) is 4.81. The summed E-state index contributed by atoms with van der Waals surface area (Å²) in [4.78, 5) is 26.6. The van der Waals surface area contributed by atoms with E-state index in [9.17, 15) is 4.79 Å². The van der Waals surface area contributed by atoms with E-state index in [4.69, 9.17) is 4.42 Å². The number of nitrogens with zero attached hydrogens (tertiary/aromatic N) is 5. The molecule has 4 aromatic rings. The number of aromatic nitrogens is 3. The molecule has 4 heterocycles. The second-order valence-electron chi connectivity index (χ2n) is 8.52. The van der Waals surface area contributed by atoms with Gasteiger partial charge in [0, 0.05) is 43.3 Å². The maximum Gasteiger partial charge on any atom is 0.344 e. The van der Waals surface area contributed by atoms with Gasteiger partial charge in [0.2, 0.25) is 0 Å². The molecular weight excluding hydrogens is 390 g/mol. The molecule has 0 bridgehead atoms. The summed E-state index contributed by atoms with van der Waals surface area (Å²) in [6.45, 7) is 11.6. The van der Waals surface area contributed by atoms with E-state index in [-0.39, 0.29) is 5.63 Å². The van der Waals surface area contributed by atoms with Crippen molar-refractivity contribution in [3.8, 4) is 11.5 Å². The summed E-state index contributed by atoms with van der Waals surface area (Å²) in [5, 5.41) is 1.45. The molecule has 0 radical (unpaired) electrons. The lowest BCUT2D eigenvalue weighted by Crippen LogP contribution is -2.56. The number of imidazole rings is 1. The van der Waals surface area contributed by atoms with E-state index in [1.165, 1.54) is 0 Å². The van der Waals surface area contributed by atoms with Crippen LogP contribution in [0.5, 0.6) is 0 Å². The first kappa shape index (κ1) is 19.8. The first-order chi connectivity index (χ1) is 14.9. The quantitative estimate of drug-likeness (QED) is 0.506. The molecule has 5 rings (SSSR count). The monoisotopic (exact) mass is 417 g/mol. The van der Waals surface area contributed by atoms with Gasteiger partial charge in [-0.05, 0) is 50.9 Å². The molecule has 7 heteroatoms. The number of piperazine rings is 1. The maximum atomic E-state index is 12.9. The third kappa shape index (κ3) is 3.49. The molecular formula is C24H27N5O2. The van der Waals surface area contributed by atoms with Gasteiger partial charge >= 0.3 is 5.63 Å². The van der Waals surface area contributed by atoms with Crippen molar-refractivity contribution >= 4 is 22.1 Å². The molecule has 1 aliphatic heterocycles. The van der Waals surface area contributed by atoms with E-state index in [0.717, 1.165) is 36.4 Å². The molecule has 0 saturated carbocycles. The van der Waals surface area contributed by atoms with Crippen LogP contribution < -0.4 is 10.5 Å². The highest BCUT2D eigenvalue weighted by Gasteiger charge is 2.28. The van der Waals surface area contributed by atoms with Gasteiger partial charge in [0.1, 0.15) is 5.69 Å². The lowest BCUT2D eigenvalue weighted by Gasteiger charge is -2.45. The second-order valence-corrected chi connectivity index (χ2v) is 8.52. The highest BCUT2D eigenvalue weighted by atomic mass is 16.4. The highest BCUT2D eigenvalue weighted by molar-refractivity contribution is 5.87. The van der Waals surface area contributed by atoms with Crippen LogP contribution in [0.4, 0.5) is 5.69 Å². The van der Waals surface area contributed by atoms with Gasteiger partial charge in [-0.2, -0.15) is 0 Å². The lowest BCUT2D eigenvalue weighted by molar-refractivity contribution is 0.140. The zero-order valence-electron chi connectivity index (χ0n) is 18.4. The van der Waals surface area contributed by atoms with Crippen molar-refractivity contribution in [1.29, 1.82) is 0 Å². The summed E-state index contributed by atoms with van der Waals surface area (Å²) in [5.41, 5.74) is 2.96. The standard InChI is InChI=1S/C24H27N5O2/c1-5-29-16(3)12-27(13-17(29)4)19-7-6-18-8-22(31-24(30)20(18)9-19)21-14-28-11-15(2)25-10-23(28)26-21/h6-11,14,16-17H,5,12-13H2,1-4H3/t16-,17+. The Morgan fingerprint density at radius 1 is 1.13 bits per heavy atom. The Hall–Kier alpha value is -3.19. The molecule has 1 aliphatic rings. The van der Waals surface area contributed by atoms with Crippen molar-refractivity contribution in [2.45, 2.75) is 39.8 Å². The minimum absolute atomic E-state index is 0.339. The van der Waals surface area contributed by atoms with E-state index in [2.05, 4.69) is 46.6 Å². The molecule has 1 fully saturated rings. The molecule has 7 nitrogen and oxygen atoms in total. The lowest BCUT2D eigenvalue weighted by atomic mass is 10.1. The molecule has 0 N–H and O–H groups in total. The number of hydrogen-bond donors (Lipinski definition) is 0.